The molecule has 2 aromatic rings. The van der Waals surface area contributed by atoms with Crippen LogP contribution in [0.25, 0.3) is 0 Å². The number of carbonyl (C=O) groups excluding carboxylic acids is 1. The van der Waals surface area contributed by atoms with E-state index in [1.54, 1.807) is 6.07 Å². The first kappa shape index (κ1) is 16.6. The van der Waals surface area contributed by atoms with Crippen LogP contribution in [-0.4, -0.2) is 38.9 Å². The van der Waals surface area contributed by atoms with E-state index in [-0.39, 0.29) is 11.6 Å². The Morgan fingerprint density at radius 2 is 2.24 bits per heavy atom. The average molecular weight is 301 g/mol. The van der Waals surface area contributed by atoms with Gasteiger partial charge in [-0.1, -0.05) is 13.8 Å². The predicted molar refractivity (Wildman–Crippen MR) is 72.6 cm³/mol. The van der Waals surface area contributed by atoms with E-state index in [9.17, 15) is 13.6 Å². The molecule has 9 heteroatoms. The van der Waals surface area contributed by atoms with E-state index in [1.165, 1.54) is 24.0 Å². The highest BCUT2D eigenvalue weighted by atomic mass is 19.3. The van der Waals surface area contributed by atoms with Gasteiger partial charge in [0, 0.05) is 19.2 Å². The molecule has 0 spiro atoms. The second kappa shape index (κ2) is 7.98. The molecule has 0 saturated carbocycles. The number of aromatic amines is 1. The number of hydrogen-bond donors (Lipinski definition) is 2. The summed E-state index contributed by atoms with van der Waals surface area (Å²) < 4.78 is 30.0. The van der Waals surface area contributed by atoms with Gasteiger partial charge in [-0.15, -0.1) is 5.10 Å². The standard InChI is InChI=1S/C10H11F2N5O2.C2H6/c1-17-6(4-9(16-17)19-5-7(11)12)10(18)14-8-2-3-13-15-8;1-2/h2-4,7H,5H2,1H3,(H2,13,14,15,18);1-2H3. The van der Waals surface area contributed by atoms with Crippen LogP contribution in [0.2, 0.25) is 0 Å². The number of carbonyl (C=O) groups is 1. The van der Waals surface area contributed by atoms with E-state index in [0.29, 0.717) is 5.82 Å². The molecule has 2 aromatic heterocycles. The van der Waals surface area contributed by atoms with Crippen molar-refractivity contribution in [3.63, 3.8) is 0 Å². The maximum atomic E-state index is 12.0. The van der Waals surface area contributed by atoms with Crippen molar-refractivity contribution in [2.24, 2.45) is 7.05 Å². The first-order valence-corrected chi connectivity index (χ1v) is 6.32. The lowest BCUT2D eigenvalue weighted by Crippen LogP contribution is -2.16. The third-order valence-electron chi connectivity index (χ3n) is 2.20. The molecule has 0 aliphatic carbocycles. The van der Waals surface area contributed by atoms with Crippen LogP contribution in [0.5, 0.6) is 5.88 Å². The largest absolute Gasteiger partial charge is 0.471 e. The van der Waals surface area contributed by atoms with Crippen LogP contribution >= 0.6 is 0 Å². The van der Waals surface area contributed by atoms with Crippen LogP contribution in [0, 0.1) is 0 Å². The van der Waals surface area contributed by atoms with E-state index in [0.717, 1.165) is 0 Å². The molecule has 0 aromatic carbocycles. The van der Waals surface area contributed by atoms with Crippen molar-refractivity contribution < 1.29 is 18.3 Å². The Kier molecular flexibility index (Phi) is 6.31. The van der Waals surface area contributed by atoms with Gasteiger partial charge in [0.15, 0.2) is 6.61 Å². The number of anilines is 1. The maximum absolute atomic E-state index is 12.0. The van der Waals surface area contributed by atoms with Crippen molar-refractivity contribution in [3.05, 3.63) is 24.0 Å². The second-order valence-electron chi connectivity index (χ2n) is 3.62. The number of nitrogens with one attached hydrogen (secondary N) is 2. The fourth-order valence-electron chi connectivity index (χ4n) is 1.38. The predicted octanol–water partition coefficient (Wildman–Crippen LogP) is 2.07. The molecule has 0 saturated heterocycles. The van der Waals surface area contributed by atoms with Gasteiger partial charge in [-0.25, -0.2) is 8.78 Å². The highest BCUT2D eigenvalue weighted by molar-refractivity contribution is 6.02. The molecule has 0 bridgehead atoms. The topological polar surface area (TPSA) is 84.8 Å². The smallest absolute Gasteiger partial charge is 0.275 e. The Morgan fingerprint density at radius 1 is 1.52 bits per heavy atom. The lowest BCUT2D eigenvalue weighted by atomic mass is 10.4. The Balaban J connectivity index is 0.00000106. The Hall–Kier alpha value is -2.45. The fourth-order valence-corrected chi connectivity index (χ4v) is 1.38. The monoisotopic (exact) mass is 301 g/mol. The summed E-state index contributed by atoms with van der Waals surface area (Å²) in [5.74, 6) is -0.0649. The van der Waals surface area contributed by atoms with Crippen molar-refractivity contribution in [1.29, 1.82) is 0 Å². The summed E-state index contributed by atoms with van der Waals surface area (Å²) in [4.78, 5) is 11.9. The van der Waals surface area contributed by atoms with E-state index in [4.69, 9.17) is 4.74 Å². The molecular formula is C12H17F2N5O2. The number of amides is 1. The molecule has 1 amide bonds. The molecule has 7 nitrogen and oxygen atoms in total. The number of aromatic nitrogens is 4. The third kappa shape index (κ3) is 4.86. The quantitative estimate of drug-likeness (QED) is 0.885. The highest BCUT2D eigenvalue weighted by Gasteiger charge is 2.15. The number of H-pyrrole nitrogens is 1. The van der Waals surface area contributed by atoms with Gasteiger partial charge in [0.1, 0.15) is 11.5 Å². The van der Waals surface area contributed by atoms with Crippen molar-refractivity contribution >= 4 is 11.7 Å². The molecule has 0 atom stereocenters. The lowest BCUT2D eigenvalue weighted by molar-refractivity contribution is 0.0792. The minimum atomic E-state index is -2.59. The van der Waals surface area contributed by atoms with Crippen molar-refractivity contribution in [3.8, 4) is 5.88 Å². The van der Waals surface area contributed by atoms with Gasteiger partial charge in [0.2, 0.25) is 5.88 Å². The lowest BCUT2D eigenvalue weighted by Gasteiger charge is -2.01. The van der Waals surface area contributed by atoms with E-state index in [1.807, 2.05) is 13.8 Å². The summed E-state index contributed by atoms with van der Waals surface area (Å²) in [6.07, 6.45) is -1.11. The molecule has 0 unspecified atom stereocenters. The van der Waals surface area contributed by atoms with Crippen molar-refractivity contribution in [1.82, 2.24) is 20.0 Å². The highest BCUT2D eigenvalue weighted by Crippen LogP contribution is 2.13. The number of ether oxygens (including phenoxy) is 1. The van der Waals surface area contributed by atoms with Gasteiger partial charge in [-0.2, -0.15) is 5.10 Å². The van der Waals surface area contributed by atoms with Gasteiger partial charge in [0.05, 0.1) is 6.20 Å². The van der Waals surface area contributed by atoms with Crippen molar-refractivity contribution in [2.45, 2.75) is 20.3 Å². The van der Waals surface area contributed by atoms with Crippen LogP contribution in [0.4, 0.5) is 14.6 Å². The SMILES string of the molecule is CC.Cn1nc(OCC(F)F)cc1C(=O)Nc1ccn[nH]1. The number of halogens is 2. The molecular weight excluding hydrogens is 284 g/mol. The molecule has 116 valence electrons. The van der Waals surface area contributed by atoms with Gasteiger partial charge in [-0.3, -0.25) is 14.6 Å². The molecule has 0 fully saturated rings. The normalized spacial score (nSPS) is 10.0. The number of alkyl halides is 2. The van der Waals surface area contributed by atoms with Gasteiger partial charge >= 0.3 is 0 Å². The maximum Gasteiger partial charge on any atom is 0.275 e. The Labute approximate surface area is 120 Å². The van der Waals surface area contributed by atoms with E-state index in [2.05, 4.69) is 20.6 Å². The summed E-state index contributed by atoms with van der Waals surface area (Å²) >= 11 is 0. The summed E-state index contributed by atoms with van der Waals surface area (Å²) in [6.45, 7) is 3.23. The Morgan fingerprint density at radius 3 is 2.81 bits per heavy atom. The number of aryl methyl sites for hydroxylation is 1. The molecule has 0 radical (unpaired) electrons. The number of rotatable bonds is 5. The number of nitrogens with zero attached hydrogens (tertiary/aromatic N) is 3. The molecule has 2 rings (SSSR count). The van der Waals surface area contributed by atoms with E-state index >= 15 is 0 Å². The van der Waals surface area contributed by atoms with Gasteiger partial charge in [0.25, 0.3) is 12.3 Å². The zero-order chi connectivity index (χ0) is 15.8. The van der Waals surface area contributed by atoms with Crippen LogP contribution in [-0.2, 0) is 7.05 Å². The summed E-state index contributed by atoms with van der Waals surface area (Å²) in [5.41, 5.74) is 0.180. The van der Waals surface area contributed by atoms with Crippen LogP contribution in [0.1, 0.15) is 24.3 Å². The first-order valence-electron chi connectivity index (χ1n) is 6.32. The second-order valence-corrected chi connectivity index (χ2v) is 3.62. The summed E-state index contributed by atoms with van der Waals surface area (Å²) in [6, 6.07) is 2.86. The molecule has 2 heterocycles. The third-order valence-corrected chi connectivity index (χ3v) is 2.20. The molecule has 0 aliphatic heterocycles. The van der Waals surface area contributed by atoms with Gasteiger partial charge in [-0.05, 0) is 0 Å². The van der Waals surface area contributed by atoms with Gasteiger partial charge < -0.3 is 10.1 Å². The Bertz CT molecular complexity index is 554. The van der Waals surface area contributed by atoms with Crippen molar-refractivity contribution in [2.75, 3.05) is 11.9 Å². The zero-order valence-corrected chi connectivity index (χ0v) is 11.9. The van der Waals surface area contributed by atoms with E-state index < -0.39 is 18.9 Å². The molecule has 2 N–H and O–H groups in total. The fraction of sp³-hybridized carbons (Fsp3) is 0.417. The van der Waals surface area contributed by atoms with Crippen LogP contribution in [0.3, 0.4) is 0 Å². The summed E-state index contributed by atoms with van der Waals surface area (Å²) in [5, 5.41) is 12.6. The van der Waals surface area contributed by atoms with Crippen LogP contribution < -0.4 is 10.1 Å². The van der Waals surface area contributed by atoms with Crippen LogP contribution in [0.15, 0.2) is 18.3 Å². The molecule has 21 heavy (non-hydrogen) atoms. The minimum absolute atomic E-state index is 0.0300. The average Bonchev–Trinajstić information content (AvgIpc) is 3.08. The minimum Gasteiger partial charge on any atom is -0.471 e. The molecule has 0 aliphatic rings. The number of hydrogen-bond acceptors (Lipinski definition) is 4. The summed E-state index contributed by atoms with van der Waals surface area (Å²) in [7, 11) is 1.51. The zero-order valence-electron chi connectivity index (χ0n) is 11.9. The first-order chi connectivity index (χ1) is 10.1.